The van der Waals surface area contributed by atoms with Gasteiger partial charge in [-0.1, -0.05) is 32.0 Å². The Morgan fingerprint density at radius 2 is 2.08 bits per heavy atom. The highest BCUT2D eigenvalue weighted by molar-refractivity contribution is 5.35. The first-order valence-corrected chi connectivity index (χ1v) is 5.02. The third-order valence-electron chi connectivity index (χ3n) is 2.69. The zero-order valence-electron chi connectivity index (χ0n) is 8.29. The zero-order valence-corrected chi connectivity index (χ0v) is 8.29. The number of aryl methyl sites for hydroxylation is 1. The molecule has 1 heterocycles. The van der Waals surface area contributed by atoms with E-state index < -0.39 is 0 Å². The molecule has 1 aliphatic heterocycles. The van der Waals surface area contributed by atoms with Crippen LogP contribution in [0.5, 0.6) is 5.75 Å². The molecule has 0 saturated heterocycles. The lowest BCUT2D eigenvalue weighted by molar-refractivity contribution is 0.127. The molecule has 70 valence electrons. The van der Waals surface area contributed by atoms with Crippen molar-refractivity contribution in [2.45, 2.75) is 32.8 Å². The molecule has 0 amide bonds. The topological polar surface area (TPSA) is 9.23 Å². The van der Waals surface area contributed by atoms with Crippen molar-refractivity contribution in [3.8, 4) is 5.75 Å². The summed E-state index contributed by atoms with van der Waals surface area (Å²) in [5, 5.41) is 0. The van der Waals surface area contributed by atoms with Crippen molar-refractivity contribution >= 4 is 0 Å². The molecule has 1 nitrogen and oxygen atoms in total. The number of rotatable bonds is 1. The van der Waals surface area contributed by atoms with Gasteiger partial charge in [0.2, 0.25) is 0 Å². The quantitative estimate of drug-likeness (QED) is 0.639. The average Bonchev–Trinajstić information content (AvgIpc) is 2.17. The van der Waals surface area contributed by atoms with E-state index in [2.05, 4.69) is 32.0 Å². The summed E-state index contributed by atoms with van der Waals surface area (Å²) >= 11 is 0. The fourth-order valence-corrected chi connectivity index (χ4v) is 1.81. The lowest BCUT2D eigenvalue weighted by atomic mass is 9.96. The zero-order chi connectivity index (χ0) is 9.26. The summed E-state index contributed by atoms with van der Waals surface area (Å²) in [4.78, 5) is 0. The van der Waals surface area contributed by atoms with Gasteiger partial charge in [0.15, 0.2) is 0 Å². The van der Waals surface area contributed by atoms with E-state index in [4.69, 9.17) is 4.74 Å². The maximum atomic E-state index is 5.89. The predicted octanol–water partition coefficient (Wildman–Crippen LogP) is 3.04. The van der Waals surface area contributed by atoms with Crippen molar-refractivity contribution in [3.63, 3.8) is 0 Å². The number of hydrogen-bond acceptors (Lipinski definition) is 1. The van der Waals surface area contributed by atoms with Crippen LogP contribution in [-0.2, 0) is 6.42 Å². The normalized spacial score (nSPS) is 21.0. The first-order chi connectivity index (χ1) is 6.27. The summed E-state index contributed by atoms with van der Waals surface area (Å²) in [5.74, 6) is 1.71. The van der Waals surface area contributed by atoms with Gasteiger partial charge < -0.3 is 4.74 Å². The predicted molar refractivity (Wildman–Crippen MR) is 54.0 cm³/mol. The number of benzene rings is 1. The SMILES string of the molecule is CC(C)[C@H]1CCc2ccccc2O1. The van der Waals surface area contributed by atoms with E-state index >= 15 is 0 Å². The highest BCUT2D eigenvalue weighted by atomic mass is 16.5. The molecule has 1 aliphatic rings. The van der Waals surface area contributed by atoms with Crippen molar-refractivity contribution in [2.24, 2.45) is 5.92 Å². The van der Waals surface area contributed by atoms with E-state index in [1.807, 2.05) is 6.07 Å². The van der Waals surface area contributed by atoms with Crippen molar-refractivity contribution in [1.29, 1.82) is 0 Å². The number of fused-ring (bicyclic) bond motifs is 1. The summed E-state index contributed by atoms with van der Waals surface area (Å²) in [7, 11) is 0. The van der Waals surface area contributed by atoms with Crippen LogP contribution in [0.2, 0.25) is 0 Å². The van der Waals surface area contributed by atoms with Crippen LogP contribution in [0.15, 0.2) is 24.3 Å². The Balaban J connectivity index is 2.20. The molecule has 13 heavy (non-hydrogen) atoms. The summed E-state index contributed by atoms with van der Waals surface area (Å²) in [6.45, 7) is 4.44. The minimum Gasteiger partial charge on any atom is -0.490 e. The molecule has 1 aromatic carbocycles. The van der Waals surface area contributed by atoms with Crippen molar-refractivity contribution in [2.75, 3.05) is 0 Å². The smallest absolute Gasteiger partial charge is 0.122 e. The summed E-state index contributed by atoms with van der Waals surface area (Å²) in [5.41, 5.74) is 1.36. The Kier molecular flexibility index (Phi) is 2.26. The second-order valence-electron chi connectivity index (χ2n) is 4.05. The largest absolute Gasteiger partial charge is 0.490 e. The minimum absolute atomic E-state index is 0.412. The van der Waals surface area contributed by atoms with Crippen LogP contribution < -0.4 is 4.74 Å². The van der Waals surface area contributed by atoms with E-state index in [0.717, 1.165) is 12.2 Å². The second-order valence-corrected chi connectivity index (χ2v) is 4.05. The van der Waals surface area contributed by atoms with Crippen LogP contribution in [0, 0.1) is 5.92 Å². The molecular weight excluding hydrogens is 160 g/mol. The van der Waals surface area contributed by atoms with Crippen LogP contribution in [-0.4, -0.2) is 6.10 Å². The third-order valence-corrected chi connectivity index (χ3v) is 2.69. The second kappa shape index (κ2) is 3.41. The van der Waals surface area contributed by atoms with Gasteiger partial charge in [-0.2, -0.15) is 0 Å². The van der Waals surface area contributed by atoms with Crippen LogP contribution in [0.1, 0.15) is 25.8 Å². The Morgan fingerprint density at radius 3 is 2.85 bits per heavy atom. The van der Waals surface area contributed by atoms with Crippen molar-refractivity contribution in [3.05, 3.63) is 29.8 Å². The van der Waals surface area contributed by atoms with Crippen LogP contribution >= 0.6 is 0 Å². The Labute approximate surface area is 79.7 Å². The summed E-state index contributed by atoms with van der Waals surface area (Å²) < 4.78 is 5.89. The lowest BCUT2D eigenvalue weighted by Crippen LogP contribution is -2.27. The van der Waals surface area contributed by atoms with E-state index in [1.54, 1.807) is 0 Å². The molecule has 0 saturated carbocycles. The van der Waals surface area contributed by atoms with Gasteiger partial charge in [-0.25, -0.2) is 0 Å². The molecule has 1 atom stereocenters. The Bertz CT molecular complexity index is 291. The molecule has 0 aliphatic carbocycles. The van der Waals surface area contributed by atoms with Gasteiger partial charge in [-0.05, 0) is 30.4 Å². The highest BCUT2D eigenvalue weighted by Gasteiger charge is 2.21. The van der Waals surface area contributed by atoms with Gasteiger partial charge in [0.1, 0.15) is 11.9 Å². The summed E-state index contributed by atoms with van der Waals surface area (Å²) in [6.07, 6.45) is 2.74. The van der Waals surface area contributed by atoms with Gasteiger partial charge in [0.25, 0.3) is 0 Å². The standard InChI is InChI=1S/C12H16O/c1-9(2)11-8-7-10-5-3-4-6-12(10)13-11/h3-6,9,11H,7-8H2,1-2H3/t11-/m1/s1. The maximum Gasteiger partial charge on any atom is 0.122 e. The molecule has 1 aromatic rings. The number of para-hydroxylation sites is 1. The monoisotopic (exact) mass is 176 g/mol. The first-order valence-electron chi connectivity index (χ1n) is 5.02. The average molecular weight is 176 g/mol. The van der Waals surface area contributed by atoms with Crippen LogP contribution in [0.4, 0.5) is 0 Å². The molecule has 0 spiro atoms. The minimum atomic E-state index is 0.412. The molecule has 0 radical (unpaired) electrons. The van der Waals surface area contributed by atoms with Gasteiger partial charge >= 0.3 is 0 Å². The van der Waals surface area contributed by atoms with E-state index in [1.165, 1.54) is 12.0 Å². The Hall–Kier alpha value is -0.980. The molecular formula is C12H16O. The van der Waals surface area contributed by atoms with Gasteiger partial charge in [0.05, 0.1) is 0 Å². The molecule has 0 unspecified atom stereocenters. The number of hydrogen-bond donors (Lipinski definition) is 0. The van der Waals surface area contributed by atoms with Crippen molar-refractivity contribution in [1.82, 2.24) is 0 Å². The fraction of sp³-hybridized carbons (Fsp3) is 0.500. The highest BCUT2D eigenvalue weighted by Crippen LogP contribution is 2.29. The van der Waals surface area contributed by atoms with Crippen LogP contribution in [0.25, 0.3) is 0 Å². The van der Waals surface area contributed by atoms with Gasteiger partial charge in [-0.3, -0.25) is 0 Å². The molecule has 0 aromatic heterocycles. The third kappa shape index (κ3) is 1.69. The number of ether oxygens (including phenoxy) is 1. The van der Waals surface area contributed by atoms with E-state index in [-0.39, 0.29) is 0 Å². The molecule has 0 bridgehead atoms. The first kappa shape index (κ1) is 8.61. The molecule has 1 heteroatoms. The molecule has 0 fully saturated rings. The van der Waals surface area contributed by atoms with Gasteiger partial charge in [0, 0.05) is 0 Å². The van der Waals surface area contributed by atoms with Crippen molar-refractivity contribution < 1.29 is 4.74 Å². The maximum absolute atomic E-state index is 5.89. The van der Waals surface area contributed by atoms with Crippen LogP contribution in [0.3, 0.4) is 0 Å². The van der Waals surface area contributed by atoms with E-state index in [0.29, 0.717) is 12.0 Å². The fourth-order valence-electron chi connectivity index (χ4n) is 1.81. The molecule has 2 rings (SSSR count). The Morgan fingerprint density at radius 1 is 1.31 bits per heavy atom. The molecule has 0 N–H and O–H groups in total. The summed E-state index contributed by atoms with van der Waals surface area (Å²) in [6, 6.07) is 8.36. The van der Waals surface area contributed by atoms with E-state index in [9.17, 15) is 0 Å². The van der Waals surface area contributed by atoms with Gasteiger partial charge in [-0.15, -0.1) is 0 Å². The lowest BCUT2D eigenvalue weighted by Gasteiger charge is -2.28.